The van der Waals surface area contributed by atoms with E-state index in [-0.39, 0.29) is 0 Å². The van der Waals surface area contributed by atoms with E-state index in [1.54, 1.807) is 0 Å². The maximum atomic E-state index is 5.42. The lowest BCUT2D eigenvalue weighted by molar-refractivity contribution is 0.161. The third-order valence-corrected chi connectivity index (χ3v) is 5.49. The molecule has 0 radical (unpaired) electrons. The molecule has 0 bridgehead atoms. The Morgan fingerprint density at radius 3 is 2.86 bits per heavy atom. The van der Waals surface area contributed by atoms with Gasteiger partial charge in [0.05, 0.1) is 11.4 Å². The van der Waals surface area contributed by atoms with Crippen LogP contribution in [0.15, 0.2) is 12.1 Å². The van der Waals surface area contributed by atoms with Crippen LogP contribution in [0.3, 0.4) is 0 Å². The van der Waals surface area contributed by atoms with Crippen LogP contribution in [0, 0.1) is 11.8 Å². The SMILES string of the molecule is NCC#Cc1ccc(CN2CCC(N3CCCCC3)C2)s1. The predicted octanol–water partition coefficient (Wildman–Crippen LogP) is 2.12. The summed E-state index contributed by atoms with van der Waals surface area (Å²) in [6.45, 7) is 6.63. The van der Waals surface area contributed by atoms with Crippen LogP contribution in [0.1, 0.15) is 35.4 Å². The molecular formula is C17H25N3S. The Bertz CT molecular complexity index is 508. The van der Waals surface area contributed by atoms with Crippen LogP contribution < -0.4 is 5.73 Å². The Hall–Kier alpha value is -0.860. The van der Waals surface area contributed by atoms with E-state index in [1.165, 1.54) is 56.7 Å². The number of hydrogen-bond donors (Lipinski definition) is 1. The van der Waals surface area contributed by atoms with Crippen molar-refractivity contribution in [3.05, 3.63) is 21.9 Å². The van der Waals surface area contributed by atoms with E-state index in [4.69, 9.17) is 5.73 Å². The fourth-order valence-electron chi connectivity index (χ4n) is 3.43. The molecule has 1 aromatic rings. The van der Waals surface area contributed by atoms with Gasteiger partial charge in [0.15, 0.2) is 0 Å². The lowest BCUT2D eigenvalue weighted by Gasteiger charge is -2.32. The third kappa shape index (κ3) is 4.08. The predicted molar refractivity (Wildman–Crippen MR) is 89.4 cm³/mol. The van der Waals surface area contributed by atoms with Crippen molar-refractivity contribution in [1.82, 2.24) is 9.80 Å². The molecular weight excluding hydrogens is 278 g/mol. The number of thiophene rings is 1. The summed E-state index contributed by atoms with van der Waals surface area (Å²) in [6, 6.07) is 5.14. The summed E-state index contributed by atoms with van der Waals surface area (Å²) in [7, 11) is 0. The number of likely N-dealkylation sites (tertiary alicyclic amines) is 2. The van der Waals surface area contributed by atoms with E-state index in [9.17, 15) is 0 Å². The van der Waals surface area contributed by atoms with Crippen LogP contribution in [-0.4, -0.2) is 48.6 Å². The molecule has 2 aliphatic rings. The monoisotopic (exact) mass is 303 g/mol. The zero-order valence-corrected chi connectivity index (χ0v) is 13.5. The molecule has 114 valence electrons. The summed E-state index contributed by atoms with van der Waals surface area (Å²) in [5.74, 6) is 6.06. The molecule has 2 N–H and O–H groups in total. The van der Waals surface area contributed by atoms with E-state index >= 15 is 0 Å². The van der Waals surface area contributed by atoms with E-state index in [0.717, 1.165) is 17.5 Å². The van der Waals surface area contributed by atoms with E-state index in [1.807, 2.05) is 11.3 Å². The number of piperidine rings is 1. The minimum Gasteiger partial charge on any atom is -0.320 e. The highest BCUT2D eigenvalue weighted by molar-refractivity contribution is 7.12. The van der Waals surface area contributed by atoms with Gasteiger partial charge >= 0.3 is 0 Å². The van der Waals surface area contributed by atoms with Crippen molar-refractivity contribution < 1.29 is 0 Å². The molecule has 2 saturated heterocycles. The smallest absolute Gasteiger partial charge is 0.0772 e. The van der Waals surface area contributed by atoms with Gasteiger partial charge in [-0.25, -0.2) is 0 Å². The molecule has 3 nitrogen and oxygen atoms in total. The van der Waals surface area contributed by atoms with Gasteiger partial charge in [-0.15, -0.1) is 11.3 Å². The summed E-state index contributed by atoms with van der Waals surface area (Å²) in [5, 5.41) is 0. The lowest BCUT2D eigenvalue weighted by atomic mass is 10.1. The molecule has 0 saturated carbocycles. The first-order valence-corrected chi connectivity index (χ1v) is 8.91. The standard InChI is InChI=1S/C17H25N3S/c18-9-4-5-16-6-7-17(21-16)14-19-12-8-15(13-19)20-10-2-1-3-11-20/h6-7,15H,1-3,8-14,18H2. The highest BCUT2D eigenvalue weighted by Crippen LogP contribution is 2.23. The topological polar surface area (TPSA) is 32.5 Å². The van der Waals surface area contributed by atoms with Gasteiger partial charge < -0.3 is 5.73 Å². The Kier molecular flexibility index (Phi) is 5.32. The van der Waals surface area contributed by atoms with E-state index < -0.39 is 0 Å². The van der Waals surface area contributed by atoms with Gasteiger partial charge in [0, 0.05) is 30.6 Å². The van der Waals surface area contributed by atoms with Crippen LogP contribution in [0.5, 0.6) is 0 Å². The number of nitrogens with zero attached hydrogens (tertiary/aromatic N) is 2. The van der Waals surface area contributed by atoms with Gasteiger partial charge in [-0.3, -0.25) is 9.80 Å². The first-order valence-electron chi connectivity index (χ1n) is 8.09. The van der Waals surface area contributed by atoms with Gasteiger partial charge in [-0.1, -0.05) is 18.3 Å². The molecule has 0 aliphatic carbocycles. The van der Waals surface area contributed by atoms with Crippen molar-refractivity contribution in [3.63, 3.8) is 0 Å². The van der Waals surface area contributed by atoms with Crippen LogP contribution >= 0.6 is 11.3 Å². The second-order valence-electron chi connectivity index (χ2n) is 6.05. The van der Waals surface area contributed by atoms with Crippen LogP contribution in [0.25, 0.3) is 0 Å². The van der Waals surface area contributed by atoms with Crippen molar-refractivity contribution in [2.24, 2.45) is 5.73 Å². The second-order valence-corrected chi connectivity index (χ2v) is 7.21. The largest absolute Gasteiger partial charge is 0.320 e. The highest BCUT2D eigenvalue weighted by atomic mass is 32.1. The summed E-state index contributed by atoms with van der Waals surface area (Å²) >= 11 is 1.81. The van der Waals surface area contributed by atoms with Gasteiger partial charge in [-0.05, 0) is 44.5 Å². The molecule has 1 unspecified atom stereocenters. The Morgan fingerprint density at radius 2 is 2.05 bits per heavy atom. The lowest BCUT2D eigenvalue weighted by Crippen LogP contribution is -2.40. The Labute approximate surface area is 132 Å². The molecule has 3 heterocycles. The fraction of sp³-hybridized carbons (Fsp3) is 0.647. The fourth-order valence-corrected chi connectivity index (χ4v) is 4.35. The molecule has 1 atom stereocenters. The normalized spacial score (nSPS) is 24.0. The maximum Gasteiger partial charge on any atom is 0.0772 e. The van der Waals surface area contributed by atoms with Crippen molar-refractivity contribution in [2.45, 2.75) is 38.3 Å². The summed E-state index contributed by atoms with van der Waals surface area (Å²) in [5.41, 5.74) is 5.42. The quantitative estimate of drug-likeness (QED) is 0.868. The van der Waals surface area contributed by atoms with Crippen LogP contribution in [0.4, 0.5) is 0 Å². The average molecular weight is 303 g/mol. The molecule has 0 spiro atoms. The van der Waals surface area contributed by atoms with Crippen molar-refractivity contribution in [3.8, 4) is 11.8 Å². The minimum absolute atomic E-state index is 0.441. The molecule has 3 rings (SSSR count). The van der Waals surface area contributed by atoms with Crippen LogP contribution in [-0.2, 0) is 6.54 Å². The second kappa shape index (κ2) is 7.42. The van der Waals surface area contributed by atoms with Gasteiger partial charge in [0.2, 0.25) is 0 Å². The van der Waals surface area contributed by atoms with Gasteiger partial charge in [-0.2, -0.15) is 0 Å². The molecule has 2 aliphatic heterocycles. The Balaban J connectivity index is 1.51. The molecule has 0 aromatic carbocycles. The van der Waals surface area contributed by atoms with Gasteiger partial charge in [0.25, 0.3) is 0 Å². The number of nitrogens with two attached hydrogens (primary N) is 1. The zero-order chi connectivity index (χ0) is 14.5. The number of rotatable bonds is 3. The Morgan fingerprint density at radius 1 is 1.19 bits per heavy atom. The molecule has 2 fully saturated rings. The highest BCUT2D eigenvalue weighted by Gasteiger charge is 2.28. The average Bonchev–Trinajstić information content (AvgIpc) is 3.16. The first-order chi connectivity index (χ1) is 10.3. The van der Waals surface area contributed by atoms with Crippen LogP contribution in [0.2, 0.25) is 0 Å². The molecule has 4 heteroatoms. The third-order valence-electron chi connectivity index (χ3n) is 4.51. The van der Waals surface area contributed by atoms with Crippen molar-refractivity contribution >= 4 is 11.3 Å². The zero-order valence-electron chi connectivity index (χ0n) is 12.7. The molecule has 1 aromatic heterocycles. The van der Waals surface area contributed by atoms with E-state index in [2.05, 4.69) is 33.8 Å². The first kappa shape index (κ1) is 15.1. The maximum absolute atomic E-state index is 5.42. The molecule has 0 amide bonds. The van der Waals surface area contributed by atoms with E-state index in [0.29, 0.717) is 6.54 Å². The molecule has 21 heavy (non-hydrogen) atoms. The minimum atomic E-state index is 0.441. The van der Waals surface area contributed by atoms with Crippen molar-refractivity contribution in [1.29, 1.82) is 0 Å². The summed E-state index contributed by atoms with van der Waals surface area (Å²) < 4.78 is 0. The summed E-state index contributed by atoms with van der Waals surface area (Å²) in [4.78, 5) is 7.89. The number of hydrogen-bond acceptors (Lipinski definition) is 4. The summed E-state index contributed by atoms with van der Waals surface area (Å²) in [6.07, 6.45) is 5.55. The van der Waals surface area contributed by atoms with Gasteiger partial charge in [0.1, 0.15) is 0 Å². The van der Waals surface area contributed by atoms with Crippen molar-refractivity contribution in [2.75, 3.05) is 32.7 Å².